The minimum absolute atomic E-state index is 0.0405. The van der Waals surface area contributed by atoms with Crippen LogP contribution in [0.2, 0.25) is 18.1 Å². The van der Waals surface area contributed by atoms with Crippen molar-refractivity contribution >= 4 is 8.32 Å². The molecule has 1 saturated heterocycles. The quantitative estimate of drug-likeness (QED) is 0.128. The molecular formula is C38H48N2O8Si. The number of methoxy groups -OCH3 is 2. The van der Waals surface area contributed by atoms with Crippen molar-refractivity contribution in [3.05, 3.63) is 118 Å². The Morgan fingerprint density at radius 3 is 1.90 bits per heavy atom. The van der Waals surface area contributed by atoms with Crippen LogP contribution in [0.5, 0.6) is 17.4 Å². The standard InChI is InChI=1S/C38H48N2O8Si/c1-9-45-32-23-24-40(36(42)39-32)35-34(48-49(7,8)37(2,3)4)33(41)31(47-35)25-46-38(26-13-11-10-12-14-26,27-15-19-29(43-5)20-16-27)28-17-21-30(44-6)22-18-28/h10-24,31,33-35,41H,9,25H2,1-8H3/t31-,33-,34-,35-/m1/s1. The lowest BCUT2D eigenvalue weighted by Gasteiger charge is -2.40. The van der Waals surface area contributed by atoms with Crippen LogP contribution in [0.15, 0.2) is 95.9 Å². The largest absolute Gasteiger partial charge is 0.497 e. The van der Waals surface area contributed by atoms with Gasteiger partial charge in [-0.05, 0) is 66.0 Å². The highest BCUT2D eigenvalue weighted by atomic mass is 28.4. The first-order chi connectivity index (χ1) is 23.3. The highest BCUT2D eigenvalue weighted by Crippen LogP contribution is 2.45. The minimum Gasteiger partial charge on any atom is -0.497 e. The summed E-state index contributed by atoms with van der Waals surface area (Å²) in [5.74, 6) is 1.63. The molecule has 2 heterocycles. The topological polar surface area (TPSA) is 111 Å². The van der Waals surface area contributed by atoms with E-state index in [1.807, 2.05) is 85.8 Å². The SMILES string of the molecule is CCOc1ccn([C@@H]2O[C@H](COC(c3ccccc3)(c3ccc(OC)cc3)c3ccc(OC)cc3)[C@@H](O)[C@H]2O[Si](C)(C)C(C)(C)C)c(=O)n1. The Kier molecular flexibility index (Phi) is 11.0. The minimum atomic E-state index is -2.46. The second kappa shape index (κ2) is 14.9. The molecule has 4 aromatic rings. The van der Waals surface area contributed by atoms with E-state index in [1.54, 1.807) is 26.5 Å². The van der Waals surface area contributed by atoms with Gasteiger partial charge in [-0.2, -0.15) is 4.98 Å². The third-order valence-electron chi connectivity index (χ3n) is 9.56. The Hall–Kier alpha value is -4.00. The maximum absolute atomic E-state index is 13.3. The second-order valence-electron chi connectivity index (χ2n) is 13.6. The van der Waals surface area contributed by atoms with E-state index >= 15 is 0 Å². The van der Waals surface area contributed by atoms with Gasteiger partial charge in [0.1, 0.15) is 35.4 Å². The molecule has 0 unspecified atom stereocenters. The van der Waals surface area contributed by atoms with Gasteiger partial charge in [-0.25, -0.2) is 4.79 Å². The summed E-state index contributed by atoms with van der Waals surface area (Å²) in [5, 5.41) is 11.8. The summed E-state index contributed by atoms with van der Waals surface area (Å²) >= 11 is 0. The number of aliphatic hydroxyl groups is 1. The predicted molar refractivity (Wildman–Crippen MR) is 190 cm³/mol. The van der Waals surface area contributed by atoms with Crippen LogP contribution in [0.25, 0.3) is 0 Å². The van der Waals surface area contributed by atoms with Gasteiger partial charge in [0.15, 0.2) is 14.5 Å². The number of benzene rings is 3. The Labute approximate surface area is 289 Å². The van der Waals surface area contributed by atoms with Crippen molar-refractivity contribution in [2.45, 2.75) is 76.0 Å². The molecule has 0 saturated carbocycles. The molecule has 5 rings (SSSR count). The lowest BCUT2D eigenvalue weighted by atomic mass is 9.80. The fraction of sp³-hybridized carbons (Fsp3) is 0.421. The summed E-state index contributed by atoms with van der Waals surface area (Å²) in [6.45, 7) is 12.7. The zero-order valence-corrected chi connectivity index (χ0v) is 30.6. The summed E-state index contributed by atoms with van der Waals surface area (Å²) in [6, 6.07) is 27.0. The fourth-order valence-corrected chi connectivity index (χ4v) is 7.11. The number of aromatic nitrogens is 2. The maximum atomic E-state index is 13.3. The van der Waals surface area contributed by atoms with E-state index in [1.165, 1.54) is 4.57 Å². The van der Waals surface area contributed by atoms with Crippen molar-refractivity contribution in [1.29, 1.82) is 0 Å². The van der Waals surface area contributed by atoms with Crippen LogP contribution < -0.4 is 19.9 Å². The third-order valence-corrected chi connectivity index (χ3v) is 14.0. The van der Waals surface area contributed by atoms with Crippen molar-refractivity contribution in [3.8, 4) is 17.4 Å². The monoisotopic (exact) mass is 688 g/mol. The molecule has 4 atom stereocenters. The lowest BCUT2D eigenvalue weighted by molar-refractivity contribution is -0.0956. The first-order valence-corrected chi connectivity index (χ1v) is 19.5. The van der Waals surface area contributed by atoms with Crippen LogP contribution in [0.3, 0.4) is 0 Å². The van der Waals surface area contributed by atoms with Gasteiger partial charge in [0.05, 0.1) is 27.4 Å². The molecule has 1 N–H and O–H groups in total. The molecule has 0 amide bonds. The number of aliphatic hydroxyl groups excluding tert-OH is 1. The summed E-state index contributed by atoms with van der Waals surface area (Å²) in [5.41, 5.74) is 0.859. The highest BCUT2D eigenvalue weighted by molar-refractivity contribution is 6.74. The smallest absolute Gasteiger partial charge is 0.353 e. The maximum Gasteiger partial charge on any atom is 0.353 e. The average molecular weight is 689 g/mol. The zero-order valence-electron chi connectivity index (χ0n) is 29.6. The van der Waals surface area contributed by atoms with Gasteiger partial charge < -0.3 is 33.2 Å². The molecule has 262 valence electrons. The fourth-order valence-electron chi connectivity index (χ4n) is 5.82. The Bertz CT molecular complexity index is 1670. The molecule has 1 aliphatic rings. The molecule has 1 aliphatic heterocycles. The van der Waals surface area contributed by atoms with Gasteiger partial charge in [-0.1, -0.05) is 75.4 Å². The Morgan fingerprint density at radius 2 is 1.41 bits per heavy atom. The van der Waals surface area contributed by atoms with Crippen LogP contribution in [-0.4, -0.2) is 68.7 Å². The molecule has 0 bridgehead atoms. The van der Waals surface area contributed by atoms with Crippen LogP contribution >= 0.6 is 0 Å². The van der Waals surface area contributed by atoms with E-state index in [-0.39, 0.29) is 17.5 Å². The van der Waals surface area contributed by atoms with Crippen molar-refractivity contribution in [2.75, 3.05) is 27.4 Å². The number of nitrogens with zero attached hydrogens (tertiary/aromatic N) is 2. The predicted octanol–water partition coefficient (Wildman–Crippen LogP) is 6.32. The van der Waals surface area contributed by atoms with Crippen molar-refractivity contribution in [2.24, 2.45) is 0 Å². The van der Waals surface area contributed by atoms with Gasteiger partial charge in [0.2, 0.25) is 5.88 Å². The normalized spacial score (nSPS) is 19.9. The first-order valence-electron chi connectivity index (χ1n) is 16.6. The molecule has 0 spiro atoms. The number of ether oxygens (including phenoxy) is 5. The summed E-state index contributed by atoms with van der Waals surface area (Å²) in [6.07, 6.45) is -2.23. The molecule has 1 aromatic heterocycles. The summed E-state index contributed by atoms with van der Waals surface area (Å²) < 4.78 is 38.2. The van der Waals surface area contributed by atoms with Gasteiger partial charge in [0, 0.05) is 12.3 Å². The molecule has 49 heavy (non-hydrogen) atoms. The van der Waals surface area contributed by atoms with Crippen LogP contribution in [0, 0.1) is 0 Å². The summed E-state index contributed by atoms with van der Waals surface area (Å²) in [4.78, 5) is 17.4. The van der Waals surface area contributed by atoms with Crippen LogP contribution in [0.4, 0.5) is 0 Å². The van der Waals surface area contributed by atoms with E-state index in [0.29, 0.717) is 18.1 Å². The van der Waals surface area contributed by atoms with E-state index in [2.05, 4.69) is 38.8 Å². The van der Waals surface area contributed by atoms with E-state index in [4.69, 9.17) is 28.1 Å². The third kappa shape index (κ3) is 7.46. The van der Waals surface area contributed by atoms with Gasteiger partial charge in [0.25, 0.3) is 0 Å². The molecule has 3 aromatic carbocycles. The molecule has 11 heteroatoms. The van der Waals surface area contributed by atoms with Crippen LogP contribution in [0.1, 0.15) is 50.6 Å². The molecule has 10 nitrogen and oxygen atoms in total. The lowest BCUT2D eigenvalue weighted by Crippen LogP contribution is -2.49. The second-order valence-corrected chi connectivity index (χ2v) is 18.4. The van der Waals surface area contributed by atoms with Crippen LogP contribution in [-0.2, 0) is 19.5 Å². The number of rotatable bonds is 13. The summed E-state index contributed by atoms with van der Waals surface area (Å²) in [7, 11) is 0.797. The average Bonchev–Trinajstić information content (AvgIpc) is 3.39. The van der Waals surface area contributed by atoms with Gasteiger partial charge in [-0.3, -0.25) is 4.57 Å². The van der Waals surface area contributed by atoms with Gasteiger partial charge >= 0.3 is 5.69 Å². The first kappa shape index (κ1) is 36.3. The molecule has 0 aliphatic carbocycles. The highest BCUT2D eigenvalue weighted by Gasteiger charge is 2.51. The zero-order chi connectivity index (χ0) is 35.4. The van der Waals surface area contributed by atoms with Crippen molar-refractivity contribution in [3.63, 3.8) is 0 Å². The van der Waals surface area contributed by atoms with Crippen molar-refractivity contribution in [1.82, 2.24) is 9.55 Å². The van der Waals surface area contributed by atoms with E-state index < -0.39 is 44.1 Å². The van der Waals surface area contributed by atoms with E-state index in [9.17, 15) is 9.90 Å². The molecule has 1 fully saturated rings. The molecule has 0 radical (unpaired) electrons. The Morgan fingerprint density at radius 1 is 0.857 bits per heavy atom. The number of hydrogen-bond donors (Lipinski definition) is 1. The Balaban J connectivity index is 1.58. The van der Waals surface area contributed by atoms with Crippen molar-refractivity contribution < 1.29 is 33.2 Å². The van der Waals surface area contributed by atoms with E-state index in [0.717, 1.165) is 16.7 Å². The molecular weight excluding hydrogens is 641 g/mol. The number of hydrogen-bond acceptors (Lipinski definition) is 9. The van der Waals surface area contributed by atoms with Gasteiger partial charge in [-0.15, -0.1) is 0 Å².